The molecule has 1 heterocycles. The second-order valence-corrected chi connectivity index (χ2v) is 5.58. The third kappa shape index (κ3) is 1.51. The maximum atomic E-state index is 11.0. The van der Waals surface area contributed by atoms with E-state index in [-0.39, 0.29) is 4.90 Å². The van der Waals surface area contributed by atoms with Crippen LogP contribution in [0.15, 0.2) is 33.8 Å². The lowest BCUT2D eigenvalue weighted by molar-refractivity contribution is 0.604. The summed E-state index contributed by atoms with van der Waals surface area (Å²) in [6.07, 6.45) is 1.58. The highest BCUT2D eigenvalue weighted by atomic mass is 35.7. The molecule has 0 fully saturated rings. The third-order valence-corrected chi connectivity index (χ3v) is 3.37. The Morgan fingerprint density at radius 3 is 2.71 bits per heavy atom. The Balaban J connectivity index is 2.76. The minimum Gasteiger partial charge on any atom is -0.464 e. The van der Waals surface area contributed by atoms with Crippen molar-refractivity contribution in [2.24, 2.45) is 0 Å². The van der Waals surface area contributed by atoms with Crippen molar-refractivity contribution >= 4 is 30.7 Å². The molecule has 1 aromatic carbocycles. The van der Waals surface area contributed by atoms with E-state index in [1.54, 1.807) is 12.3 Å². The van der Waals surface area contributed by atoms with Crippen molar-refractivity contribution in [3.05, 3.63) is 30.0 Å². The van der Waals surface area contributed by atoms with Crippen LogP contribution in [0.1, 0.15) is 5.56 Å². The van der Waals surface area contributed by atoms with Gasteiger partial charge in [-0.3, -0.25) is 0 Å². The van der Waals surface area contributed by atoms with Crippen molar-refractivity contribution in [3.8, 4) is 0 Å². The lowest BCUT2D eigenvalue weighted by atomic mass is 10.2. The van der Waals surface area contributed by atoms with Crippen LogP contribution in [0.4, 0.5) is 0 Å². The van der Waals surface area contributed by atoms with Crippen LogP contribution in [0, 0.1) is 6.92 Å². The van der Waals surface area contributed by atoms with E-state index in [9.17, 15) is 8.42 Å². The van der Waals surface area contributed by atoms with E-state index in [0.717, 1.165) is 10.9 Å². The number of halogens is 1. The van der Waals surface area contributed by atoms with E-state index >= 15 is 0 Å². The predicted molar refractivity (Wildman–Crippen MR) is 54.0 cm³/mol. The van der Waals surface area contributed by atoms with Gasteiger partial charge in [0.05, 0.1) is 11.2 Å². The predicted octanol–water partition coefficient (Wildman–Crippen LogP) is 2.67. The number of fused-ring (bicyclic) bond motifs is 1. The fourth-order valence-electron chi connectivity index (χ4n) is 1.29. The van der Waals surface area contributed by atoms with Crippen molar-refractivity contribution in [2.45, 2.75) is 11.8 Å². The van der Waals surface area contributed by atoms with Gasteiger partial charge in [0.2, 0.25) is 0 Å². The largest absolute Gasteiger partial charge is 0.464 e. The van der Waals surface area contributed by atoms with E-state index < -0.39 is 9.05 Å². The van der Waals surface area contributed by atoms with Gasteiger partial charge in [-0.05, 0) is 24.6 Å². The highest BCUT2D eigenvalue weighted by molar-refractivity contribution is 8.13. The maximum absolute atomic E-state index is 11.0. The molecule has 0 bridgehead atoms. The molecule has 0 aliphatic rings. The standard InChI is InChI=1S/C9H7ClO3S/c1-6-5-13-9-4-7(14(10,11)12)2-3-8(6)9/h2-5H,1H3. The van der Waals surface area contributed by atoms with Gasteiger partial charge in [0.15, 0.2) is 0 Å². The summed E-state index contributed by atoms with van der Waals surface area (Å²) in [4.78, 5) is 0.0565. The van der Waals surface area contributed by atoms with Gasteiger partial charge < -0.3 is 4.42 Å². The van der Waals surface area contributed by atoms with Crippen LogP contribution in [0.25, 0.3) is 11.0 Å². The lowest BCUT2D eigenvalue weighted by Gasteiger charge is -1.95. The van der Waals surface area contributed by atoms with Crippen LogP contribution in [-0.2, 0) is 9.05 Å². The van der Waals surface area contributed by atoms with Crippen molar-refractivity contribution in [2.75, 3.05) is 0 Å². The summed E-state index contributed by atoms with van der Waals surface area (Å²) in [6, 6.07) is 4.57. The Morgan fingerprint density at radius 2 is 2.07 bits per heavy atom. The molecule has 0 N–H and O–H groups in total. The minimum atomic E-state index is -3.67. The van der Waals surface area contributed by atoms with Crippen molar-refractivity contribution in [1.82, 2.24) is 0 Å². The molecule has 1 aromatic heterocycles. The molecule has 0 aliphatic carbocycles. The zero-order valence-corrected chi connectivity index (χ0v) is 8.89. The van der Waals surface area contributed by atoms with Crippen molar-refractivity contribution < 1.29 is 12.8 Å². The number of furan rings is 1. The van der Waals surface area contributed by atoms with Gasteiger partial charge >= 0.3 is 0 Å². The monoisotopic (exact) mass is 230 g/mol. The molecule has 0 amide bonds. The molecule has 5 heteroatoms. The van der Waals surface area contributed by atoms with Gasteiger partial charge in [-0.1, -0.05) is 0 Å². The Labute approximate surface area is 85.7 Å². The molecule has 14 heavy (non-hydrogen) atoms. The molecule has 0 unspecified atom stereocenters. The molecule has 0 spiro atoms. The first-order valence-electron chi connectivity index (χ1n) is 3.91. The topological polar surface area (TPSA) is 47.3 Å². The molecule has 2 aromatic rings. The fraction of sp³-hybridized carbons (Fsp3) is 0.111. The van der Waals surface area contributed by atoms with Crippen LogP contribution in [0.3, 0.4) is 0 Å². The normalized spacial score (nSPS) is 12.1. The first-order chi connectivity index (χ1) is 6.48. The average Bonchev–Trinajstić information content (AvgIpc) is 2.46. The zero-order valence-electron chi connectivity index (χ0n) is 7.32. The first kappa shape index (κ1) is 9.55. The van der Waals surface area contributed by atoms with Crippen LogP contribution in [0.5, 0.6) is 0 Å². The van der Waals surface area contributed by atoms with E-state index in [1.807, 2.05) is 6.92 Å². The molecule has 0 saturated heterocycles. The maximum Gasteiger partial charge on any atom is 0.261 e. The number of hydrogen-bond donors (Lipinski definition) is 0. The molecule has 0 radical (unpaired) electrons. The summed E-state index contributed by atoms with van der Waals surface area (Å²) in [7, 11) is 1.52. The van der Waals surface area contributed by atoms with Crippen LogP contribution in [-0.4, -0.2) is 8.42 Å². The fourth-order valence-corrected chi connectivity index (χ4v) is 2.06. The van der Waals surface area contributed by atoms with Gasteiger partial charge in [0.1, 0.15) is 5.58 Å². The number of hydrogen-bond acceptors (Lipinski definition) is 3. The summed E-state index contributed by atoms with van der Waals surface area (Å²) >= 11 is 0. The van der Waals surface area contributed by atoms with Crippen LogP contribution in [0.2, 0.25) is 0 Å². The molecule has 0 aliphatic heterocycles. The minimum absolute atomic E-state index is 0.0565. The third-order valence-electron chi connectivity index (χ3n) is 2.02. The molecule has 2 rings (SSSR count). The summed E-state index contributed by atoms with van der Waals surface area (Å²) < 4.78 is 27.2. The SMILES string of the molecule is Cc1coc2cc(S(=O)(=O)Cl)ccc12. The lowest BCUT2D eigenvalue weighted by Crippen LogP contribution is -1.89. The van der Waals surface area contributed by atoms with Gasteiger partial charge in [-0.15, -0.1) is 0 Å². The molecular weight excluding hydrogens is 224 g/mol. The molecule has 0 saturated carbocycles. The van der Waals surface area contributed by atoms with Crippen molar-refractivity contribution in [3.63, 3.8) is 0 Å². The van der Waals surface area contributed by atoms with E-state index in [0.29, 0.717) is 5.58 Å². The Morgan fingerprint density at radius 1 is 1.36 bits per heavy atom. The first-order valence-corrected chi connectivity index (χ1v) is 6.22. The Kier molecular flexibility index (Phi) is 2.05. The van der Waals surface area contributed by atoms with Gasteiger partial charge in [0, 0.05) is 22.1 Å². The second-order valence-electron chi connectivity index (χ2n) is 3.01. The molecule has 0 atom stereocenters. The smallest absolute Gasteiger partial charge is 0.261 e. The summed E-state index contributed by atoms with van der Waals surface area (Å²) in [6.45, 7) is 1.89. The van der Waals surface area contributed by atoms with Gasteiger partial charge in [0.25, 0.3) is 9.05 Å². The summed E-state index contributed by atoms with van der Waals surface area (Å²) in [5.74, 6) is 0. The van der Waals surface area contributed by atoms with Crippen LogP contribution < -0.4 is 0 Å². The van der Waals surface area contributed by atoms with E-state index in [1.165, 1.54) is 12.1 Å². The average molecular weight is 231 g/mol. The number of benzene rings is 1. The molecular formula is C9H7ClO3S. The number of aryl methyl sites for hydroxylation is 1. The second kappa shape index (κ2) is 3.00. The van der Waals surface area contributed by atoms with E-state index in [2.05, 4.69) is 0 Å². The van der Waals surface area contributed by atoms with Gasteiger partial charge in [-0.25, -0.2) is 8.42 Å². The summed E-state index contributed by atoms with van der Waals surface area (Å²) in [5, 5.41) is 0.897. The Hall–Kier alpha value is -1.00. The highest BCUT2D eigenvalue weighted by Crippen LogP contribution is 2.25. The van der Waals surface area contributed by atoms with Crippen molar-refractivity contribution in [1.29, 1.82) is 0 Å². The van der Waals surface area contributed by atoms with E-state index in [4.69, 9.17) is 15.1 Å². The Bertz CT molecular complexity index is 583. The number of rotatable bonds is 1. The van der Waals surface area contributed by atoms with Gasteiger partial charge in [-0.2, -0.15) is 0 Å². The van der Waals surface area contributed by atoms with Crippen LogP contribution >= 0.6 is 10.7 Å². The quantitative estimate of drug-likeness (QED) is 0.708. The molecule has 74 valence electrons. The summed E-state index contributed by atoms with van der Waals surface area (Å²) in [5.41, 5.74) is 1.50. The molecule has 3 nitrogen and oxygen atoms in total. The highest BCUT2D eigenvalue weighted by Gasteiger charge is 2.12. The zero-order chi connectivity index (χ0) is 10.3.